The van der Waals surface area contributed by atoms with Crippen LogP contribution in [0.2, 0.25) is 0 Å². The van der Waals surface area contributed by atoms with Gasteiger partial charge in [0, 0.05) is 12.1 Å². The number of benzene rings is 2. The lowest BCUT2D eigenvalue weighted by Gasteiger charge is -2.35. The summed E-state index contributed by atoms with van der Waals surface area (Å²) in [5, 5.41) is 21.3. The molecule has 0 radical (unpaired) electrons. The molecule has 140 valence electrons. The molecule has 0 aliphatic carbocycles. The smallest absolute Gasteiger partial charge is 0.161 e. The second-order valence-electron chi connectivity index (χ2n) is 5.83. The van der Waals surface area contributed by atoms with Crippen molar-refractivity contribution in [3.05, 3.63) is 41.5 Å². The summed E-state index contributed by atoms with van der Waals surface area (Å²) in [6.07, 6.45) is -3.17. The van der Waals surface area contributed by atoms with Crippen LogP contribution >= 0.6 is 0 Å². The molecular formula is C19H22O7. The second-order valence-corrected chi connectivity index (χ2v) is 5.83. The minimum atomic E-state index is -1.19. The average Bonchev–Trinajstić information content (AvgIpc) is 2.68. The normalized spacial score (nSPS) is 21.4. The van der Waals surface area contributed by atoms with Gasteiger partial charge in [-0.05, 0) is 17.7 Å². The Hall–Kier alpha value is -2.64. The predicted molar refractivity (Wildman–Crippen MR) is 93.4 cm³/mol. The van der Waals surface area contributed by atoms with Gasteiger partial charge in [0.25, 0.3) is 0 Å². The third kappa shape index (κ3) is 3.00. The zero-order valence-corrected chi connectivity index (χ0v) is 15.1. The number of aliphatic hydroxyl groups excluding tert-OH is 2. The van der Waals surface area contributed by atoms with E-state index in [-0.39, 0.29) is 0 Å². The zero-order chi connectivity index (χ0) is 18.8. The molecule has 26 heavy (non-hydrogen) atoms. The summed E-state index contributed by atoms with van der Waals surface area (Å²) in [5.41, 5.74) is 1.03. The average molecular weight is 362 g/mol. The topological polar surface area (TPSA) is 86.6 Å². The first kappa shape index (κ1) is 18.2. The summed E-state index contributed by atoms with van der Waals surface area (Å²) >= 11 is 0. The molecule has 7 nitrogen and oxygen atoms in total. The molecular weight excluding hydrogens is 340 g/mol. The molecule has 0 aromatic heterocycles. The van der Waals surface area contributed by atoms with Crippen molar-refractivity contribution in [2.24, 2.45) is 0 Å². The van der Waals surface area contributed by atoms with Gasteiger partial charge < -0.3 is 33.9 Å². The molecule has 0 saturated heterocycles. The number of aliphatic hydroxyl groups is 2. The lowest BCUT2D eigenvalue weighted by Crippen LogP contribution is -2.34. The maximum absolute atomic E-state index is 10.7. The van der Waals surface area contributed by atoms with E-state index in [4.69, 9.17) is 23.7 Å². The molecule has 2 N–H and O–H groups in total. The third-order valence-electron chi connectivity index (χ3n) is 4.45. The highest BCUT2D eigenvalue weighted by Gasteiger charge is 2.40. The molecule has 2 aromatic carbocycles. The van der Waals surface area contributed by atoms with Gasteiger partial charge in [-0.3, -0.25) is 0 Å². The van der Waals surface area contributed by atoms with Crippen LogP contribution in [0.4, 0.5) is 0 Å². The van der Waals surface area contributed by atoms with Gasteiger partial charge in [-0.2, -0.15) is 0 Å². The van der Waals surface area contributed by atoms with Gasteiger partial charge in [-0.15, -0.1) is 0 Å². The van der Waals surface area contributed by atoms with Crippen molar-refractivity contribution in [3.8, 4) is 28.7 Å². The Labute approximate surface area is 151 Å². The summed E-state index contributed by atoms with van der Waals surface area (Å²) in [6, 6.07) is 8.47. The van der Waals surface area contributed by atoms with Crippen molar-refractivity contribution in [2.45, 2.75) is 18.3 Å². The van der Waals surface area contributed by atoms with E-state index >= 15 is 0 Å². The van der Waals surface area contributed by atoms with Crippen LogP contribution in [0.5, 0.6) is 28.7 Å². The highest BCUT2D eigenvalue weighted by molar-refractivity contribution is 5.54. The SMILES string of the molecule is COc1cc(OC)c2c(c1)O[C@H](c1ccc(OC)c(OC)c1)[C@@H](O)[C@H]2O. The molecule has 3 atom stereocenters. The highest BCUT2D eigenvalue weighted by Crippen LogP contribution is 2.48. The van der Waals surface area contributed by atoms with E-state index in [0.29, 0.717) is 39.9 Å². The maximum Gasteiger partial charge on any atom is 0.161 e. The Bertz CT molecular complexity index is 790. The summed E-state index contributed by atoms with van der Waals surface area (Å²) in [7, 11) is 6.08. The molecule has 0 saturated carbocycles. The molecule has 0 bridgehead atoms. The van der Waals surface area contributed by atoms with E-state index in [0.717, 1.165) is 0 Å². The number of hydrogen-bond donors (Lipinski definition) is 2. The number of fused-ring (bicyclic) bond motifs is 1. The highest BCUT2D eigenvalue weighted by atomic mass is 16.5. The molecule has 1 aliphatic heterocycles. The Balaban J connectivity index is 2.05. The predicted octanol–water partition coefficient (Wildman–Crippen LogP) is 2.25. The standard InChI is InChI=1S/C19H22O7/c1-22-11-8-14(25-4)16-15(9-11)26-19(18(21)17(16)20)10-5-6-12(23-2)13(7-10)24-3/h5-9,17-21H,1-4H3/t17-,18-,19+/m0/s1. The first-order chi connectivity index (χ1) is 12.5. The number of ether oxygens (including phenoxy) is 5. The number of hydrogen-bond acceptors (Lipinski definition) is 7. The van der Waals surface area contributed by atoms with Gasteiger partial charge >= 0.3 is 0 Å². The van der Waals surface area contributed by atoms with Gasteiger partial charge in [-0.1, -0.05) is 6.07 Å². The van der Waals surface area contributed by atoms with Crippen LogP contribution in [0.15, 0.2) is 30.3 Å². The van der Waals surface area contributed by atoms with E-state index in [1.165, 1.54) is 21.3 Å². The van der Waals surface area contributed by atoms with Crippen LogP contribution in [-0.4, -0.2) is 44.8 Å². The van der Waals surface area contributed by atoms with Crippen molar-refractivity contribution < 1.29 is 33.9 Å². The summed E-state index contributed by atoms with van der Waals surface area (Å²) in [5.74, 6) is 2.36. The lowest BCUT2D eigenvalue weighted by atomic mass is 9.91. The first-order valence-electron chi connectivity index (χ1n) is 8.04. The fraction of sp³-hybridized carbons (Fsp3) is 0.368. The summed E-state index contributed by atoms with van der Waals surface area (Å²) < 4.78 is 27.1. The quantitative estimate of drug-likeness (QED) is 0.844. The Morgan fingerprint density at radius 3 is 2.12 bits per heavy atom. The van der Waals surface area contributed by atoms with Crippen LogP contribution in [-0.2, 0) is 0 Å². The summed E-state index contributed by atoms with van der Waals surface area (Å²) in [4.78, 5) is 0. The number of methoxy groups -OCH3 is 4. The molecule has 0 fully saturated rings. The summed E-state index contributed by atoms with van der Waals surface area (Å²) in [6.45, 7) is 0. The largest absolute Gasteiger partial charge is 0.496 e. The van der Waals surface area contributed by atoms with Crippen LogP contribution in [0.3, 0.4) is 0 Å². The van der Waals surface area contributed by atoms with Crippen LogP contribution in [0.25, 0.3) is 0 Å². The van der Waals surface area contributed by atoms with Gasteiger partial charge in [-0.25, -0.2) is 0 Å². The molecule has 0 amide bonds. The van der Waals surface area contributed by atoms with Gasteiger partial charge in [0.15, 0.2) is 17.6 Å². The molecule has 1 aliphatic rings. The van der Waals surface area contributed by atoms with Crippen molar-refractivity contribution in [1.82, 2.24) is 0 Å². The molecule has 2 aromatic rings. The zero-order valence-electron chi connectivity index (χ0n) is 15.1. The van der Waals surface area contributed by atoms with Crippen molar-refractivity contribution in [3.63, 3.8) is 0 Å². The van der Waals surface area contributed by atoms with Gasteiger partial charge in [0.1, 0.15) is 29.5 Å². The fourth-order valence-corrected chi connectivity index (χ4v) is 3.09. The minimum absolute atomic E-state index is 0.386. The Morgan fingerprint density at radius 2 is 1.50 bits per heavy atom. The van der Waals surface area contributed by atoms with Crippen molar-refractivity contribution in [1.29, 1.82) is 0 Å². The van der Waals surface area contributed by atoms with Crippen LogP contribution in [0.1, 0.15) is 23.3 Å². The lowest BCUT2D eigenvalue weighted by molar-refractivity contribution is -0.0711. The van der Waals surface area contributed by atoms with Crippen LogP contribution in [0, 0.1) is 0 Å². The third-order valence-corrected chi connectivity index (χ3v) is 4.45. The van der Waals surface area contributed by atoms with Gasteiger partial charge in [0.05, 0.1) is 34.0 Å². The van der Waals surface area contributed by atoms with E-state index in [2.05, 4.69) is 0 Å². The molecule has 7 heteroatoms. The van der Waals surface area contributed by atoms with E-state index in [1.54, 1.807) is 37.4 Å². The van der Waals surface area contributed by atoms with E-state index in [1.807, 2.05) is 0 Å². The second kappa shape index (κ2) is 7.31. The molecule has 3 rings (SSSR count). The molecule has 1 heterocycles. The Morgan fingerprint density at radius 1 is 0.808 bits per heavy atom. The maximum atomic E-state index is 10.7. The molecule has 0 unspecified atom stereocenters. The van der Waals surface area contributed by atoms with E-state index < -0.39 is 18.3 Å². The minimum Gasteiger partial charge on any atom is -0.496 e. The molecule has 0 spiro atoms. The van der Waals surface area contributed by atoms with Crippen LogP contribution < -0.4 is 23.7 Å². The monoisotopic (exact) mass is 362 g/mol. The van der Waals surface area contributed by atoms with Crippen molar-refractivity contribution in [2.75, 3.05) is 28.4 Å². The Kier molecular flexibility index (Phi) is 5.11. The first-order valence-corrected chi connectivity index (χ1v) is 8.04. The van der Waals surface area contributed by atoms with Gasteiger partial charge in [0.2, 0.25) is 0 Å². The number of rotatable bonds is 5. The fourth-order valence-electron chi connectivity index (χ4n) is 3.09. The van der Waals surface area contributed by atoms with Crippen molar-refractivity contribution >= 4 is 0 Å². The van der Waals surface area contributed by atoms with E-state index in [9.17, 15) is 10.2 Å².